The predicted molar refractivity (Wildman–Crippen MR) is 133 cm³/mol. The zero-order valence-electron chi connectivity index (χ0n) is 22.6. The van der Waals surface area contributed by atoms with Crippen LogP contribution in [0.4, 0.5) is 28.9 Å². The average Bonchev–Trinajstić information content (AvgIpc) is 2.79. The number of nitrogens with zero attached hydrogens (tertiary/aromatic N) is 2. The van der Waals surface area contributed by atoms with Crippen LogP contribution in [-0.2, 0) is 19.1 Å². The van der Waals surface area contributed by atoms with Crippen LogP contribution in [0.15, 0.2) is 34.5 Å². The maximum Gasteiger partial charge on any atom is 0.325 e. The van der Waals surface area contributed by atoms with Crippen LogP contribution in [0.5, 0.6) is 0 Å². The van der Waals surface area contributed by atoms with Crippen molar-refractivity contribution in [3.8, 4) is 0 Å². The fraction of sp³-hybridized carbons (Fsp3) is 0.385. The lowest BCUT2D eigenvalue weighted by atomic mass is 10.1. The highest BCUT2D eigenvalue weighted by atomic mass is 19.1. The summed E-state index contributed by atoms with van der Waals surface area (Å²) in [5, 5.41) is 10.7. The highest BCUT2D eigenvalue weighted by molar-refractivity contribution is 5.97. The summed E-state index contributed by atoms with van der Waals surface area (Å²) in [6, 6.07) is 2.36. The van der Waals surface area contributed by atoms with E-state index in [4.69, 9.17) is 9.47 Å². The molecule has 0 heterocycles. The minimum Gasteiger partial charge on any atom is -0.459 e. The van der Waals surface area contributed by atoms with Crippen LogP contribution in [0.1, 0.15) is 62.3 Å². The smallest absolute Gasteiger partial charge is 0.325 e. The summed E-state index contributed by atoms with van der Waals surface area (Å²) in [6.45, 7) is 8.56. The number of benzene rings is 2. The molecule has 2 aromatic rings. The topological polar surface area (TPSA) is 136 Å². The maximum atomic E-state index is 14.5. The Labute approximate surface area is 227 Å². The third-order valence-corrected chi connectivity index (χ3v) is 4.43. The average molecular weight is 569 g/mol. The number of ether oxygens (including phenoxy) is 2. The van der Waals surface area contributed by atoms with Crippen LogP contribution in [0.25, 0.3) is 0 Å². The molecule has 0 atom stereocenters. The lowest BCUT2D eigenvalue weighted by molar-refractivity contribution is -0.154. The number of halogens is 4. The summed E-state index contributed by atoms with van der Waals surface area (Å²) >= 11 is 0. The van der Waals surface area contributed by atoms with Crippen LogP contribution in [0.2, 0.25) is 0 Å². The van der Waals surface area contributed by atoms with E-state index < -0.39 is 93.8 Å². The predicted octanol–water partition coefficient (Wildman–Crippen LogP) is 4.80. The van der Waals surface area contributed by atoms with Gasteiger partial charge < -0.3 is 20.1 Å². The van der Waals surface area contributed by atoms with Gasteiger partial charge in [0.15, 0.2) is 34.6 Å². The Kier molecular flexibility index (Phi) is 10.1. The van der Waals surface area contributed by atoms with E-state index in [1.165, 1.54) is 0 Å². The highest BCUT2D eigenvalue weighted by Gasteiger charge is 2.21. The molecule has 0 saturated heterocycles. The van der Waals surface area contributed by atoms with Gasteiger partial charge in [-0.2, -0.15) is 0 Å². The number of carbonyl (C=O) groups excluding carboxylic acids is 4. The van der Waals surface area contributed by atoms with E-state index in [0.29, 0.717) is 24.3 Å². The normalized spacial score (nSPS) is 11.8. The third kappa shape index (κ3) is 9.75. The van der Waals surface area contributed by atoms with Crippen molar-refractivity contribution in [1.82, 2.24) is 10.6 Å². The molecule has 0 saturated carbocycles. The van der Waals surface area contributed by atoms with Crippen molar-refractivity contribution in [3.05, 3.63) is 58.7 Å². The SMILES string of the molecule is CC(C)(C)OC(=O)CNC(=O)c1cc(F)c(N=Nc2c(F)cc(C(=O)NCC(=O)OC(C)(C)C)cc2F)c(F)c1. The molecular weight excluding hydrogens is 540 g/mol. The quantitative estimate of drug-likeness (QED) is 0.267. The van der Waals surface area contributed by atoms with Gasteiger partial charge in [0.05, 0.1) is 0 Å². The standard InChI is InChI=1S/C26H28F4N4O6/c1-25(2,3)39-19(35)11-31-23(37)13-7-15(27)21(16(28)8-13)33-34-22-17(29)9-14(10-18(22)30)24(38)32-12-20(36)40-26(4,5)6/h7-10H,11-12H2,1-6H3,(H,31,37)(H,32,38). The van der Waals surface area contributed by atoms with E-state index in [-0.39, 0.29) is 0 Å². The molecule has 0 aliphatic heterocycles. The second-order valence-electron chi connectivity index (χ2n) is 10.3. The van der Waals surface area contributed by atoms with Gasteiger partial charge in [-0.15, -0.1) is 10.2 Å². The molecule has 14 heteroatoms. The second kappa shape index (κ2) is 12.7. The molecule has 2 rings (SSSR count). The summed E-state index contributed by atoms with van der Waals surface area (Å²) < 4.78 is 67.9. The van der Waals surface area contributed by atoms with Gasteiger partial charge in [-0.1, -0.05) is 0 Å². The number of carbonyl (C=O) groups is 4. The first-order chi connectivity index (χ1) is 18.4. The van der Waals surface area contributed by atoms with Crippen LogP contribution in [0.3, 0.4) is 0 Å². The number of hydrogen-bond acceptors (Lipinski definition) is 8. The van der Waals surface area contributed by atoms with E-state index in [0.717, 1.165) is 0 Å². The molecule has 0 unspecified atom stereocenters. The lowest BCUT2D eigenvalue weighted by Gasteiger charge is -2.19. The summed E-state index contributed by atoms with van der Waals surface area (Å²) in [5.41, 5.74) is -4.73. The number of nitrogens with one attached hydrogen (secondary N) is 2. The van der Waals surface area contributed by atoms with E-state index >= 15 is 0 Å². The molecule has 0 aromatic heterocycles. The van der Waals surface area contributed by atoms with E-state index in [1.807, 2.05) is 0 Å². The van der Waals surface area contributed by atoms with Crippen LogP contribution in [-0.4, -0.2) is 48.0 Å². The molecule has 10 nitrogen and oxygen atoms in total. The first-order valence-electron chi connectivity index (χ1n) is 11.8. The Hall–Kier alpha value is -4.36. The zero-order valence-corrected chi connectivity index (χ0v) is 22.6. The van der Waals surface area contributed by atoms with Crippen molar-refractivity contribution in [2.24, 2.45) is 10.2 Å². The molecule has 2 amide bonds. The Balaban J connectivity index is 2.14. The van der Waals surface area contributed by atoms with Crippen molar-refractivity contribution in [2.75, 3.05) is 13.1 Å². The van der Waals surface area contributed by atoms with Crippen molar-refractivity contribution in [2.45, 2.75) is 52.7 Å². The zero-order chi connectivity index (χ0) is 30.4. The molecule has 0 fully saturated rings. The van der Waals surface area contributed by atoms with Crippen molar-refractivity contribution >= 4 is 35.1 Å². The summed E-state index contributed by atoms with van der Waals surface area (Å²) in [5.74, 6) is -9.08. The van der Waals surface area contributed by atoms with Gasteiger partial charge >= 0.3 is 11.9 Å². The number of hydrogen-bond donors (Lipinski definition) is 2. The number of esters is 2. The van der Waals surface area contributed by atoms with E-state index in [2.05, 4.69) is 20.9 Å². The molecule has 0 radical (unpaired) electrons. The van der Waals surface area contributed by atoms with Gasteiger partial charge in [0.1, 0.15) is 24.3 Å². The van der Waals surface area contributed by atoms with Crippen molar-refractivity contribution in [1.29, 1.82) is 0 Å². The van der Waals surface area contributed by atoms with E-state index in [9.17, 15) is 36.7 Å². The Bertz CT molecular complexity index is 1200. The molecule has 40 heavy (non-hydrogen) atoms. The Morgan fingerprint density at radius 3 is 1.15 bits per heavy atom. The number of amides is 2. The van der Waals surface area contributed by atoms with Gasteiger partial charge in [0.25, 0.3) is 11.8 Å². The molecule has 2 aromatic carbocycles. The Morgan fingerprint density at radius 2 is 0.900 bits per heavy atom. The molecule has 0 bridgehead atoms. The first-order valence-corrected chi connectivity index (χ1v) is 11.8. The fourth-order valence-electron chi connectivity index (χ4n) is 2.95. The van der Waals surface area contributed by atoms with E-state index in [1.54, 1.807) is 41.5 Å². The molecular formula is C26H28F4N4O6. The van der Waals surface area contributed by atoms with Gasteiger partial charge in [-0.05, 0) is 65.8 Å². The summed E-state index contributed by atoms with van der Waals surface area (Å²) in [4.78, 5) is 47.7. The largest absolute Gasteiger partial charge is 0.459 e. The fourth-order valence-corrected chi connectivity index (χ4v) is 2.95. The summed E-state index contributed by atoms with van der Waals surface area (Å²) in [7, 11) is 0. The maximum absolute atomic E-state index is 14.5. The van der Waals surface area contributed by atoms with Crippen molar-refractivity contribution in [3.63, 3.8) is 0 Å². The minimum atomic E-state index is -1.38. The number of azo groups is 1. The highest BCUT2D eigenvalue weighted by Crippen LogP contribution is 2.29. The van der Waals surface area contributed by atoms with Gasteiger partial charge in [0, 0.05) is 11.1 Å². The van der Waals surface area contributed by atoms with Gasteiger partial charge in [-0.25, -0.2) is 17.6 Å². The lowest BCUT2D eigenvalue weighted by Crippen LogP contribution is -2.34. The van der Waals surface area contributed by atoms with Crippen LogP contribution < -0.4 is 10.6 Å². The second-order valence-corrected chi connectivity index (χ2v) is 10.3. The van der Waals surface area contributed by atoms with Crippen LogP contribution >= 0.6 is 0 Å². The minimum absolute atomic E-state index is 0.503. The molecule has 0 aliphatic carbocycles. The molecule has 2 N–H and O–H groups in total. The first kappa shape index (κ1) is 31.9. The van der Waals surface area contributed by atoms with Gasteiger partial charge in [-0.3, -0.25) is 19.2 Å². The number of rotatable bonds is 8. The third-order valence-electron chi connectivity index (χ3n) is 4.43. The van der Waals surface area contributed by atoms with Gasteiger partial charge in [0.2, 0.25) is 0 Å². The molecule has 0 spiro atoms. The Morgan fingerprint density at radius 1 is 0.625 bits per heavy atom. The van der Waals surface area contributed by atoms with Crippen molar-refractivity contribution < 1.29 is 46.2 Å². The van der Waals surface area contributed by atoms with Crippen LogP contribution in [0, 0.1) is 23.3 Å². The summed E-state index contributed by atoms with van der Waals surface area (Å²) in [6.07, 6.45) is 0. The molecule has 216 valence electrons. The monoisotopic (exact) mass is 568 g/mol. The molecule has 0 aliphatic rings.